The first-order valence-electron chi connectivity index (χ1n) is 7.04. The van der Waals surface area contributed by atoms with Crippen LogP contribution >= 0.6 is 11.3 Å². The molecule has 0 aliphatic heterocycles. The number of hydrogen-bond donors (Lipinski definition) is 2. The number of aromatic nitrogens is 1. The van der Waals surface area contributed by atoms with Gasteiger partial charge in [-0.05, 0) is 55.0 Å². The maximum atomic E-state index is 12.2. The topological polar surface area (TPSA) is 44.9 Å². The molecule has 0 unspecified atom stereocenters. The van der Waals surface area contributed by atoms with Crippen molar-refractivity contribution in [2.24, 2.45) is 0 Å². The molecule has 3 rings (SSSR count). The standard InChI is InChI=1S/C17H18N2OS/c1-11-8-12(2)14-10-16(19-15(14)9-11)17(20)18-6-5-13-4-3-7-21-13/h3-4,7-10,19H,5-6H2,1-2H3,(H,18,20). The molecule has 0 radical (unpaired) electrons. The number of rotatable bonds is 4. The molecule has 3 aromatic rings. The van der Waals surface area contributed by atoms with Crippen molar-refractivity contribution in [2.45, 2.75) is 20.3 Å². The first-order valence-corrected chi connectivity index (χ1v) is 7.92. The molecule has 2 aromatic heterocycles. The number of carbonyl (C=O) groups is 1. The molecular weight excluding hydrogens is 280 g/mol. The van der Waals surface area contributed by atoms with Gasteiger partial charge < -0.3 is 10.3 Å². The van der Waals surface area contributed by atoms with Crippen LogP contribution in [0.4, 0.5) is 0 Å². The molecule has 2 N–H and O–H groups in total. The zero-order valence-electron chi connectivity index (χ0n) is 12.2. The van der Waals surface area contributed by atoms with E-state index in [-0.39, 0.29) is 5.91 Å². The molecule has 0 aliphatic rings. The second-order valence-corrected chi connectivity index (χ2v) is 6.34. The fourth-order valence-corrected chi connectivity index (χ4v) is 3.28. The summed E-state index contributed by atoms with van der Waals surface area (Å²) in [6.45, 7) is 4.79. The van der Waals surface area contributed by atoms with E-state index in [1.165, 1.54) is 16.0 Å². The minimum Gasteiger partial charge on any atom is -0.351 e. The number of amides is 1. The number of hydrogen-bond acceptors (Lipinski definition) is 2. The summed E-state index contributed by atoms with van der Waals surface area (Å²) in [5.74, 6) is -0.0418. The zero-order chi connectivity index (χ0) is 14.8. The van der Waals surface area contributed by atoms with Crippen molar-refractivity contribution in [1.29, 1.82) is 0 Å². The van der Waals surface area contributed by atoms with E-state index in [0.29, 0.717) is 12.2 Å². The van der Waals surface area contributed by atoms with Gasteiger partial charge in [0.15, 0.2) is 0 Å². The molecule has 0 spiro atoms. The maximum absolute atomic E-state index is 12.2. The summed E-state index contributed by atoms with van der Waals surface area (Å²) in [4.78, 5) is 16.7. The number of aromatic amines is 1. The van der Waals surface area contributed by atoms with Crippen LogP contribution in [0.25, 0.3) is 10.9 Å². The van der Waals surface area contributed by atoms with Crippen molar-refractivity contribution in [2.75, 3.05) is 6.54 Å². The van der Waals surface area contributed by atoms with Gasteiger partial charge in [-0.3, -0.25) is 4.79 Å². The summed E-state index contributed by atoms with van der Waals surface area (Å²) in [5.41, 5.74) is 4.05. The molecule has 1 aromatic carbocycles. The van der Waals surface area contributed by atoms with E-state index in [9.17, 15) is 4.79 Å². The lowest BCUT2D eigenvalue weighted by molar-refractivity contribution is 0.0950. The first kappa shape index (κ1) is 13.9. The van der Waals surface area contributed by atoms with Crippen LogP contribution in [-0.4, -0.2) is 17.4 Å². The van der Waals surface area contributed by atoms with Gasteiger partial charge in [-0.2, -0.15) is 0 Å². The summed E-state index contributed by atoms with van der Waals surface area (Å²) in [5, 5.41) is 6.14. The molecule has 0 saturated heterocycles. The Labute approximate surface area is 128 Å². The predicted octanol–water partition coefficient (Wildman–Crippen LogP) is 3.82. The number of H-pyrrole nitrogens is 1. The molecule has 3 nitrogen and oxygen atoms in total. The van der Waals surface area contributed by atoms with Crippen molar-refractivity contribution in [3.63, 3.8) is 0 Å². The Morgan fingerprint density at radius 1 is 1.29 bits per heavy atom. The Bertz CT molecular complexity index is 772. The fourth-order valence-electron chi connectivity index (χ4n) is 2.57. The molecule has 2 heterocycles. The summed E-state index contributed by atoms with van der Waals surface area (Å²) in [6, 6.07) is 10.3. The minimum atomic E-state index is -0.0418. The zero-order valence-corrected chi connectivity index (χ0v) is 13.0. The van der Waals surface area contributed by atoms with Crippen LogP contribution < -0.4 is 5.32 Å². The minimum absolute atomic E-state index is 0.0418. The monoisotopic (exact) mass is 298 g/mol. The third-order valence-corrected chi connectivity index (χ3v) is 4.51. The van der Waals surface area contributed by atoms with Crippen molar-refractivity contribution >= 4 is 28.1 Å². The number of carbonyl (C=O) groups excluding carboxylic acids is 1. The number of benzene rings is 1. The highest BCUT2D eigenvalue weighted by atomic mass is 32.1. The first-order chi connectivity index (χ1) is 10.1. The third kappa shape index (κ3) is 3.00. The van der Waals surface area contributed by atoms with E-state index in [2.05, 4.69) is 47.7 Å². The van der Waals surface area contributed by atoms with Crippen LogP contribution in [0.2, 0.25) is 0 Å². The SMILES string of the molecule is Cc1cc(C)c2cc(C(=O)NCCc3cccs3)[nH]c2c1. The second-order valence-electron chi connectivity index (χ2n) is 5.31. The summed E-state index contributed by atoms with van der Waals surface area (Å²) in [6.07, 6.45) is 0.877. The van der Waals surface area contributed by atoms with Gasteiger partial charge in [-0.15, -0.1) is 11.3 Å². The molecule has 1 amide bonds. The third-order valence-electron chi connectivity index (χ3n) is 3.57. The molecule has 0 saturated carbocycles. The molecule has 0 atom stereocenters. The number of thiophene rings is 1. The van der Waals surface area contributed by atoms with Crippen molar-refractivity contribution in [1.82, 2.24) is 10.3 Å². The van der Waals surface area contributed by atoms with E-state index < -0.39 is 0 Å². The van der Waals surface area contributed by atoms with Crippen LogP contribution in [0.5, 0.6) is 0 Å². The van der Waals surface area contributed by atoms with Gasteiger partial charge in [0, 0.05) is 22.3 Å². The summed E-state index contributed by atoms with van der Waals surface area (Å²) < 4.78 is 0. The smallest absolute Gasteiger partial charge is 0.267 e. The molecule has 0 bridgehead atoms. The van der Waals surface area contributed by atoms with Gasteiger partial charge in [0.1, 0.15) is 5.69 Å². The van der Waals surface area contributed by atoms with Gasteiger partial charge in [0.2, 0.25) is 0 Å². The van der Waals surface area contributed by atoms with Crippen molar-refractivity contribution in [3.05, 3.63) is 57.4 Å². The van der Waals surface area contributed by atoms with E-state index >= 15 is 0 Å². The van der Waals surface area contributed by atoms with Crippen LogP contribution in [-0.2, 0) is 6.42 Å². The lowest BCUT2D eigenvalue weighted by Gasteiger charge is -2.01. The van der Waals surface area contributed by atoms with Crippen LogP contribution in [0.1, 0.15) is 26.5 Å². The highest BCUT2D eigenvalue weighted by Gasteiger charge is 2.10. The molecule has 0 fully saturated rings. The molecule has 4 heteroatoms. The lowest BCUT2D eigenvalue weighted by atomic mass is 10.1. The Kier molecular flexibility index (Phi) is 3.80. The highest BCUT2D eigenvalue weighted by molar-refractivity contribution is 7.09. The van der Waals surface area contributed by atoms with Crippen molar-refractivity contribution in [3.8, 4) is 0 Å². The van der Waals surface area contributed by atoms with E-state index in [1.807, 2.05) is 12.1 Å². The van der Waals surface area contributed by atoms with E-state index in [4.69, 9.17) is 0 Å². The number of fused-ring (bicyclic) bond motifs is 1. The van der Waals surface area contributed by atoms with Crippen LogP contribution in [0, 0.1) is 13.8 Å². The second kappa shape index (κ2) is 5.74. The Hall–Kier alpha value is -2.07. The van der Waals surface area contributed by atoms with Gasteiger partial charge in [-0.25, -0.2) is 0 Å². The Morgan fingerprint density at radius 2 is 2.14 bits per heavy atom. The number of nitrogens with one attached hydrogen (secondary N) is 2. The Balaban J connectivity index is 1.71. The van der Waals surface area contributed by atoms with Crippen LogP contribution in [0.3, 0.4) is 0 Å². The highest BCUT2D eigenvalue weighted by Crippen LogP contribution is 2.21. The van der Waals surface area contributed by atoms with E-state index in [1.54, 1.807) is 11.3 Å². The largest absolute Gasteiger partial charge is 0.351 e. The van der Waals surface area contributed by atoms with Crippen LogP contribution in [0.15, 0.2) is 35.7 Å². The number of aryl methyl sites for hydroxylation is 2. The van der Waals surface area contributed by atoms with Gasteiger partial charge in [0.05, 0.1) is 0 Å². The molecule has 0 aliphatic carbocycles. The van der Waals surface area contributed by atoms with E-state index in [0.717, 1.165) is 17.3 Å². The maximum Gasteiger partial charge on any atom is 0.267 e. The lowest BCUT2D eigenvalue weighted by Crippen LogP contribution is -2.25. The summed E-state index contributed by atoms with van der Waals surface area (Å²) >= 11 is 1.72. The average molecular weight is 298 g/mol. The van der Waals surface area contributed by atoms with Crippen molar-refractivity contribution < 1.29 is 4.79 Å². The van der Waals surface area contributed by atoms with Gasteiger partial charge in [0.25, 0.3) is 5.91 Å². The molecule has 21 heavy (non-hydrogen) atoms. The van der Waals surface area contributed by atoms with Gasteiger partial charge >= 0.3 is 0 Å². The molecular formula is C17H18N2OS. The quantitative estimate of drug-likeness (QED) is 0.755. The fraction of sp³-hybridized carbons (Fsp3) is 0.235. The van der Waals surface area contributed by atoms with Gasteiger partial charge in [-0.1, -0.05) is 12.1 Å². The Morgan fingerprint density at radius 3 is 2.90 bits per heavy atom. The average Bonchev–Trinajstić information content (AvgIpc) is 3.07. The predicted molar refractivity (Wildman–Crippen MR) is 88.1 cm³/mol. The normalized spacial score (nSPS) is 11.0. The molecule has 108 valence electrons. The summed E-state index contributed by atoms with van der Waals surface area (Å²) in [7, 11) is 0.